The zero-order chi connectivity index (χ0) is 14.7. The number of benzene rings is 1. The summed E-state index contributed by atoms with van der Waals surface area (Å²) in [5.74, 6) is 0.377. The van der Waals surface area contributed by atoms with Gasteiger partial charge < -0.3 is 15.2 Å². The summed E-state index contributed by atoms with van der Waals surface area (Å²) in [5.41, 5.74) is 3.14. The van der Waals surface area contributed by atoms with E-state index >= 15 is 0 Å². The van der Waals surface area contributed by atoms with Gasteiger partial charge in [-0.1, -0.05) is 6.07 Å². The lowest BCUT2D eigenvalue weighted by Gasteiger charge is -2.09. The summed E-state index contributed by atoms with van der Waals surface area (Å²) in [6.07, 6.45) is 6.28. The minimum atomic E-state index is 0.146. The molecule has 0 bridgehead atoms. The fourth-order valence-corrected chi connectivity index (χ4v) is 2.29. The predicted molar refractivity (Wildman–Crippen MR) is 85.2 cm³/mol. The van der Waals surface area contributed by atoms with Crippen LogP contribution in [0.25, 0.3) is 0 Å². The molecule has 0 aliphatic heterocycles. The molecule has 0 atom stereocenters. The molecule has 1 fully saturated rings. The lowest BCUT2D eigenvalue weighted by Crippen LogP contribution is -2.13. The number of carbonyl (C=O) groups excluding carboxylic acids is 1. The lowest BCUT2D eigenvalue weighted by molar-refractivity contribution is -0.117. The lowest BCUT2D eigenvalue weighted by atomic mass is 10.2. The summed E-state index contributed by atoms with van der Waals surface area (Å²) in [6.45, 7) is 3.90. The van der Waals surface area contributed by atoms with Gasteiger partial charge in [-0.3, -0.25) is 4.79 Å². The molecular weight excluding hydrogens is 262 g/mol. The third-order valence-electron chi connectivity index (χ3n) is 3.75. The molecular formula is C17H21N3O. The third kappa shape index (κ3) is 3.66. The van der Waals surface area contributed by atoms with Gasteiger partial charge in [-0.15, -0.1) is 0 Å². The fourth-order valence-electron chi connectivity index (χ4n) is 2.29. The van der Waals surface area contributed by atoms with Crippen molar-refractivity contribution in [2.75, 3.05) is 10.6 Å². The van der Waals surface area contributed by atoms with Crippen molar-refractivity contribution in [2.24, 2.45) is 5.92 Å². The van der Waals surface area contributed by atoms with Crippen molar-refractivity contribution in [1.82, 2.24) is 4.57 Å². The van der Waals surface area contributed by atoms with Crippen LogP contribution in [0, 0.1) is 5.92 Å². The van der Waals surface area contributed by atoms with E-state index in [1.54, 1.807) is 0 Å². The molecule has 1 aliphatic rings. The molecule has 0 spiro atoms. The normalized spacial score (nSPS) is 14.0. The molecule has 4 heteroatoms. The maximum Gasteiger partial charge on any atom is 0.227 e. The Labute approximate surface area is 125 Å². The molecule has 3 rings (SSSR count). The maximum absolute atomic E-state index is 11.8. The van der Waals surface area contributed by atoms with Crippen molar-refractivity contribution >= 4 is 17.3 Å². The molecule has 110 valence electrons. The van der Waals surface area contributed by atoms with Crippen molar-refractivity contribution < 1.29 is 4.79 Å². The first-order chi connectivity index (χ1) is 10.2. The van der Waals surface area contributed by atoms with Crippen LogP contribution in [0.15, 0.2) is 42.7 Å². The van der Waals surface area contributed by atoms with Crippen LogP contribution in [-0.2, 0) is 17.9 Å². The van der Waals surface area contributed by atoms with Crippen LogP contribution in [0.3, 0.4) is 0 Å². The molecule has 2 N–H and O–H groups in total. The Morgan fingerprint density at radius 1 is 1.29 bits per heavy atom. The number of carbonyl (C=O) groups is 1. The van der Waals surface area contributed by atoms with Gasteiger partial charge in [-0.2, -0.15) is 0 Å². The summed E-state index contributed by atoms with van der Waals surface area (Å²) in [6, 6.07) is 10.0. The maximum atomic E-state index is 11.8. The van der Waals surface area contributed by atoms with Crippen molar-refractivity contribution in [3.05, 3.63) is 48.3 Å². The van der Waals surface area contributed by atoms with Crippen LogP contribution in [0.4, 0.5) is 11.4 Å². The molecule has 1 amide bonds. The van der Waals surface area contributed by atoms with E-state index in [0.717, 1.165) is 37.3 Å². The molecule has 0 radical (unpaired) electrons. The third-order valence-corrected chi connectivity index (χ3v) is 3.75. The van der Waals surface area contributed by atoms with Gasteiger partial charge in [0, 0.05) is 42.8 Å². The Balaban J connectivity index is 1.58. The highest BCUT2D eigenvalue weighted by Crippen LogP contribution is 2.30. The zero-order valence-electron chi connectivity index (χ0n) is 12.3. The fraction of sp³-hybridized carbons (Fsp3) is 0.353. The van der Waals surface area contributed by atoms with Crippen molar-refractivity contribution in [3.8, 4) is 0 Å². The topological polar surface area (TPSA) is 46.1 Å². The second-order valence-corrected chi connectivity index (χ2v) is 5.55. The Bertz CT molecular complexity index is 628. The van der Waals surface area contributed by atoms with Gasteiger partial charge >= 0.3 is 0 Å². The second-order valence-electron chi connectivity index (χ2n) is 5.55. The Hall–Kier alpha value is -2.23. The number of nitrogens with one attached hydrogen (secondary N) is 2. The molecule has 1 saturated carbocycles. The van der Waals surface area contributed by atoms with Gasteiger partial charge in [0.05, 0.1) is 0 Å². The summed E-state index contributed by atoms with van der Waals surface area (Å²) < 4.78 is 2.16. The van der Waals surface area contributed by atoms with E-state index in [9.17, 15) is 4.79 Å². The van der Waals surface area contributed by atoms with Crippen LogP contribution in [0.1, 0.15) is 25.3 Å². The molecule has 2 aromatic rings. The average Bonchev–Trinajstić information content (AvgIpc) is 3.25. The largest absolute Gasteiger partial charge is 0.381 e. The molecule has 1 aromatic carbocycles. The highest BCUT2D eigenvalue weighted by atomic mass is 16.2. The molecule has 1 aliphatic carbocycles. The number of rotatable bonds is 6. The van der Waals surface area contributed by atoms with Crippen LogP contribution >= 0.6 is 0 Å². The number of nitrogens with zero attached hydrogens (tertiary/aromatic N) is 1. The van der Waals surface area contributed by atoms with Crippen LogP contribution in [0.5, 0.6) is 0 Å². The molecule has 0 saturated heterocycles. The van der Waals surface area contributed by atoms with E-state index in [1.165, 1.54) is 5.56 Å². The quantitative estimate of drug-likeness (QED) is 0.852. The first-order valence-electron chi connectivity index (χ1n) is 7.54. The van der Waals surface area contributed by atoms with Crippen molar-refractivity contribution in [1.29, 1.82) is 0 Å². The van der Waals surface area contributed by atoms with E-state index in [4.69, 9.17) is 0 Å². The summed E-state index contributed by atoms with van der Waals surface area (Å²) in [5, 5.41) is 6.36. The van der Waals surface area contributed by atoms with Crippen molar-refractivity contribution in [3.63, 3.8) is 0 Å². The smallest absolute Gasteiger partial charge is 0.227 e. The van der Waals surface area contributed by atoms with E-state index in [0.29, 0.717) is 0 Å². The molecule has 1 heterocycles. The minimum absolute atomic E-state index is 0.146. The van der Waals surface area contributed by atoms with Crippen LogP contribution in [-0.4, -0.2) is 10.5 Å². The molecule has 0 unspecified atom stereocenters. The number of aromatic nitrogens is 1. The van der Waals surface area contributed by atoms with E-state index in [1.807, 2.05) is 24.3 Å². The highest BCUT2D eigenvalue weighted by molar-refractivity contribution is 5.94. The Morgan fingerprint density at radius 3 is 2.81 bits per heavy atom. The van der Waals surface area contributed by atoms with E-state index in [2.05, 4.69) is 40.6 Å². The van der Waals surface area contributed by atoms with E-state index in [-0.39, 0.29) is 11.8 Å². The Kier molecular flexibility index (Phi) is 3.95. The molecule has 4 nitrogen and oxygen atoms in total. The number of amides is 1. The summed E-state index contributed by atoms with van der Waals surface area (Å²) in [7, 11) is 0. The van der Waals surface area contributed by atoms with Gasteiger partial charge in [-0.05, 0) is 49.6 Å². The van der Waals surface area contributed by atoms with Gasteiger partial charge in [0.15, 0.2) is 0 Å². The Morgan fingerprint density at radius 2 is 2.10 bits per heavy atom. The van der Waals surface area contributed by atoms with Crippen LogP contribution in [0.2, 0.25) is 0 Å². The highest BCUT2D eigenvalue weighted by Gasteiger charge is 2.29. The summed E-state index contributed by atoms with van der Waals surface area (Å²) in [4.78, 5) is 11.8. The second kappa shape index (κ2) is 6.04. The predicted octanol–water partition coefficient (Wildman–Crippen LogP) is 3.47. The van der Waals surface area contributed by atoms with Gasteiger partial charge in [0.1, 0.15) is 0 Å². The zero-order valence-corrected chi connectivity index (χ0v) is 12.3. The number of anilines is 2. The standard InChI is InChI=1S/C17H21N3O/c1-2-20-9-8-13(12-20)11-18-15-4-3-5-16(10-15)19-17(21)14-6-7-14/h3-5,8-10,12,14,18H,2,6-7,11H2,1H3,(H,19,21). The van der Waals surface area contributed by atoms with E-state index < -0.39 is 0 Å². The molecule has 1 aromatic heterocycles. The SMILES string of the molecule is CCn1ccc(CNc2cccc(NC(=O)C3CC3)c2)c1. The van der Waals surface area contributed by atoms with Crippen molar-refractivity contribution in [2.45, 2.75) is 32.9 Å². The van der Waals surface area contributed by atoms with Crippen LogP contribution < -0.4 is 10.6 Å². The minimum Gasteiger partial charge on any atom is -0.381 e. The first kappa shape index (κ1) is 13.7. The monoisotopic (exact) mass is 283 g/mol. The number of hydrogen-bond acceptors (Lipinski definition) is 2. The average molecular weight is 283 g/mol. The van der Waals surface area contributed by atoms with Gasteiger partial charge in [0.25, 0.3) is 0 Å². The number of hydrogen-bond donors (Lipinski definition) is 2. The van der Waals surface area contributed by atoms with Gasteiger partial charge in [-0.25, -0.2) is 0 Å². The van der Waals surface area contributed by atoms with Gasteiger partial charge in [0.2, 0.25) is 5.91 Å². The molecule has 21 heavy (non-hydrogen) atoms. The summed E-state index contributed by atoms with van der Waals surface area (Å²) >= 11 is 0. The number of aryl methyl sites for hydroxylation is 1. The first-order valence-corrected chi connectivity index (χ1v) is 7.54.